The first-order chi connectivity index (χ1) is 26.5. The van der Waals surface area contributed by atoms with E-state index in [9.17, 15) is 19.8 Å². The second kappa shape index (κ2) is 42.7. The molecule has 0 aliphatic heterocycles. The van der Waals surface area contributed by atoms with Crippen molar-refractivity contribution in [3.8, 4) is 0 Å². The highest BCUT2D eigenvalue weighted by molar-refractivity contribution is 5.77. The fourth-order valence-electron chi connectivity index (χ4n) is 7.43. The molecule has 0 rings (SSSR count). The van der Waals surface area contributed by atoms with Gasteiger partial charge in [-0.25, -0.2) is 0 Å². The summed E-state index contributed by atoms with van der Waals surface area (Å²) in [5.74, 6) is -0.479. The van der Waals surface area contributed by atoms with Crippen LogP contribution >= 0.6 is 0 Å². The molecule has 6 nitrogen and oxygen atoms in total. The number of carbonyl (C=O) groups is 2. The zero-order valence-corrected chi connectivity index (χ0v) is 36.4. The molecule has 0 aliphatic carbocycles. The number of aliphatic hydroxyl groups excluding tert-OH is 2. The molecule has 0 aromatic carbocycles. The van der Waals surface area contributed by atoms with Crippen LogP contribution in [-0.4, -0.2) is 46.9 Å². The third-order valence-corrected chi connectivity index (χ3v) is 11.1. The SMILES string of the molecule is CCCCC/C=C\CCCCCC(CC(=O)NC(CO)C(O)CCCCCCCCCCCCCCC)OC(=O)CCCCCCCCCCCCCC. The van der Waals surface area contributed by atoms with E-state index in [1.54, 1.807) is 0 Å². The molecule has 1 amide bonds. The van der Waals surface area contributed by atoms with Gasteiger partial charge >= 0.3 is 5.97 Å². The van der Waals surface area contributed by atoms with Gasteiger partial charge in [0.1, 0.15) is 6.10 Å². The molecule has 0 spiro atoms. The molecule has 0 aliphatic rings. The Morgan fingerprint density at radius 1 is 0.519 bits per heavy atom. The van der Waals surface area contributed by atoms with Gasteiger partial charge in [0.2, 0.25) is 5.91 Å². The molecule has 320 valence electrons. The lowest BCUT2D eigenvalue weighted by Gasteiger charge is -2.24. The molecule has 0 saturated carbocycles. The summed E-state index contributed by atoms with van der Waals surface area (Å²) in [6.07, 6.45) is 45.5. The standard InChI is InChI=1S/C48H93NO5/c1-4-7-10-13-16-19-22-24-25-28-31-34-37-40-46(51)45(43-50)49-47(52)42-44(39-36-33-30-27-21-18-15-12-9-6-3)54-48(53)41-38-35-32-29-26-23-20-17-14-11-8-5-2/h18,21,44-46,50-51H,4-17,19-20,22-43H2,1-3H3,(H,49,52)/b21-18-. The number of ether oxygens (including phenoxy) is 1. The molecular formula is C48H93NO5. The van der Waals surface area contributed by atoms with Crippen molar-refractivity contribution in [1.29, 1.82) is 0 Å². The molecule has 3 atom stereocenters. The first-order valence-electron chi connectivity index (χ1n) is 23.9. The van der Waals surface area contributed by atoms with E-state index < -0.39 is 18.2 Å². The lowest BCUT2D eigenvalue weighted by atomic mass is 10.0. The molecule has 0 aromatic heterocycles. The Labute approximate surface area is 336 Å². The summed E-state index contributed by atoms with van der Waals surface area (Å²) >= 11 is 0. The van der Waals surface area contributed by atoms with Gasteiger partial charge < -0.3 is 20.3 Å². The van der Waals surface area contributed by atoms with Crippen LogP contribution in [0, 0.1) is 0 Å². The maximum atomic E-state index is 13.1. The van der Waals surface area contributed by atoms with Crippen molar-refractivity contribution in [2.24, 2.45) is 0 Å². The van der Waals surface area contributed by atoms with Gasteiger partial charge in [-0.3, -0.25) is 9.59 Å². The number of unbranched alkanes of at least 4 members (excludes halogenated alkanes) is 29. The molecule has 54 heavy (non-hydrogen) atoms. The first kappa shape index (κ1) is 52.6. The fraction of sp³-hybridized carbons (Fsp3) is 0.917. The van der Waals surface area contributed by atoms with Crippen LogP contribution in [0.15, 0.2) is 12.2 Å². The molecule has 0 saturated heterocycles. The number of carbonyl (C=O) groups excluding carboxylic acids is 2. The first-order valence-corrected chi connectivity index (χ1v) is 23.9. The van der Waals surface area contributed by atoms with E-state index in [-0.39, 0.29) is 24.9 Å². The van der Waals surface area contributed by atoms with Crippen LogP contribution in [0.5, 0.6) is 0 Å². The largest absolute Gasteiger partial charge is 0.462 e. The zero-order valence-electron chi connectivity index (χ0n) is 36.4. The van der Waals surface area contributed by atoms with Crippen molar-refractivity contribution in [3.05, 3.63) is 12.2 Å². The van der Waals surface area contributed by atoms with Gasteiger partial charge in [0.15, 0.2) is 0 Å². The van der Waals surface area contributed by atoms with Gasteiger partial charge in [0, 0.05) is 6.42 Å². The number of nitrogens with one attached hydrogen (secondary N) is 1. The third-order valence-electron chi connectivity index (χ3n) is 11.1. The predicted octanol–water partition coefficient (Wildman–Crippen LogP) is 13.8. The number of esters is 1. The molecule has 3 N–H and O–H groups in total. The summed E-state index contributed by atoms with van der Waals surface area (Å²) < 4.78 is 5.89. The van der Waals surface area contributed by atoms with Gasteiger partial charge in [0.05, 0.1) is 25.2 Å². The Kier molecular flexibility index (Phi) is 41.6. The minimum atomic E-state index is -0.784. The Hall–Kier alpha value is -1.40. The van der Waals surface area contributed by atoms with E-state index in [4.69, 9.17) is 4.74 Å². The van der Waals surface area contributed by atoms with Crippen LogP contribution in [0.2, 0.25) is 0 Å². The lowest BCUT2D eigenvalue weighted by molar-refractivity contribution is -0.151. The van der Waals surface area contributed by atoms with Gasteiger partial charge in [-0.1, -0.05) is 206 Å². The average Bonchev–Trinajstić information content (AvgIpc) is 3.16. The number of amides is 1. The van der Waals surface area contributed by atoms with Crippen LogP contribution in [0.25, 0.3) is 0 Å². The highest BCUT2D eigenvalue weighted by atomic mass is 16.5. The van der Waals surface area contributed by atoms with Crippen molar-refractivity contribution in [3.63, 3.8) is 0 Å². The summed E-state index contributed by atoms with van der Waals surface area (Å²) in [6.45, 7) is 6.45. The third kappa shape index (κ3) is 37.5. The fourth-order valence-corrected chi connectivity index (χ4v) is 7.43. The van der Waals surface area contributed by atoms with Gasteiger partial charge in [-0.15, -0.1) is 0 Å². The number of aliphatic hydroxyl groups is 2. The van der Waals surface area contributed by atoms with Crippen molar-refractivity contribution in [2.75, 3.05) is 6.61 Å². The van der Waals surface area contributed by atoms with E-state index in [0.717, 1.165) is 64.2 Å². The molecular weight excluding hydrogens is 671 g/mol. The van der Waals surface area contributed by atoms with E-state index in [2.05, 4.69) is 38.2 Å². The maximum absolute atomic E-state index is 13.1. The monoisotopic (exact) mass is 764 g/mol. The number of hydrogen-bond donors (Lipinski definition) is 3. The summed E-state index contributed by atoms with van der Waals surface area (Å²) in [4.78, 5) is 26.0. The Morgan fingerprint density at radius 2 is 0.889 bits per heavy atom. The van der Waals surface area contributed by atoms with Crippen molar-refractivity contribution < 1.29 is 24.5 Å². The number of hydrogen-bond acceptors (Lipinski definition) is 5. The highest BCUT2D eigenvalue weighted by Gasteiger charge is 2.24. The second-order valence-corrected chi connectivity index (χ2v) is 16.5. The maximum Gasteiger partial charge on any atom is 0.306 e. The Morgan fingerprint density at radius 3 is 1.35 bits per heavy atom. The van der Waals surface area contributed by atoms with Gasteiger partial charge in [0.25, 0.3) is 0 Å². The minimum absolute atomic E-state index is 0.0729. The Balaban J connectivity index is 4.51. The minimum Gasteiger partial charge on any atom is -0.462 e. The molecule has 0 heterocycles. The predicted molar refractivity (Wildman–Crippen MR) is 232 cm³/mol. The summed E-state index contributed by atoms with van der Waals surface area (Å²) in [7, 11) is 0. The van der Waals surface area contributed by atoms with E-state index in [1.165, 1.54) is 148 Å². The van der Waals surface area contributed by atoms with E-state index >= 15 is 0 Å². The van der Waals surface area contributed by atoms with Crippen molar-refractivity contribution in [1.82, 2.24) is 5.32 Å². The van der Waals surface area contributed by atoms with E-state index in [1.807, 2.05) is 0 Å². The van der Waals surface area contributed by atoms with Gasteiger partial charge in [-0.2, -0.15) is 0 Å². The lowest BCUT2D eigenvalue weighted by Crippen LogP contribution is -2.46. The van der Waals surface area contributed by atoms with Crippen LogP contribution in [0.1, 0.15) is 258 Å². The molecule has 0 aromatic rings. The smallest absolute Gasteiger partial charge is 0.306 e. The Bertz CT molecular complexity index is 817. The van der Waals surface area contributed by atoms with Crippen molar-refractivity contribution >= 4 is 11.9 Å². The second-order valence-electron chi connectivity index (χ2n) is 16.5. The van der Waals surface area contributed by atoms with Crippen LogP contribution in [0.3, 0.4) is 0 Å². The highest BCUT2D eigenvalue weighted by Crippen LogP contribution is 2.18. The average molecular weight is 764 g/mol. The zero-order chi connectivity index (χ0) is 39.6. The number of rotatable bonds is 43. The molecule has 0 radical (unpaired) electrons. The van der Waals surface area contributed by atoms with E-state index in [0.29, 0.717) is 19.3 Å². The number of allylic oxidation sites excluding steroid dienone is 2. The van der Waals surface area contributed by atoms with Gasteiger partial charge in [-0.05, 0) is 51.4 Å². The molecule has 0 fully saturated rings. The summed E-state index contributed by atoms with van der Waals surface area (Å²) in [5, 5.41) is 23.7. The van der Waals surface area contributed by atoms with Crippen LogP contribution in [0.4, 0.5) is 0 Å². The summed E-state index contributed by atoms with van der Waals surface area (Å²) in [6, 6.07) is -0.698. The topological polar surface area (TPSA) is 95.9 Å². The molecule has 6 heteroatoms. The molecule has 3 unspecified atom stereocenters. The quantitative estimate of drug-likeness (QED) is 0.0326. The molecule has 0 bridgehead atoms. The van der Waals surface area contributed by atoms with Crippen molar-refractivity contribution in [2.45, 2.75) is 277 Å². The van der Waals surface area contributed by atoms with Crippen LogP contribution in [-0.2, 0) is 14.3 Å². The van der Waals surface area contributed by atoms with Crippen LogP contribution < -0.4 is 5.32 Å². The summed E-state index contributed by atoms with van der Waals surface area (Å²) in [5.41, 5.74) is 0. The normalized spacial score (nSPS) is 13.4.